The van der Waals surface area contributed by atoms with Crippen LogP contribution in [-0.2, 0) is 42.7 Å². The van der Waals surface area contributed by atoms with E-state index < -0.39 is 83.0 Å². The van der Waals surface area contributed by atoms with Gasteiger partial charge in [0.1, 0.15) is 23.6 Å². The zero-order valence-corrected chi connectivity index (χ0v) is 36.0. The maximum absolute atomic E-state index is 13.6. The van der Waals surface area contributed by atoms with Crippen LogP contribution in [0.25, 0.3) is 0 Å². The van der Waals surface area contributed by atoms with Gasteiger partial charge in [-0.1, -0.05) is 60.7 Å². The molecule has 1 saturated heterocycles. The molecule has 0 saturated carbocycles. The second-order valence-corrected chi connectivity index (χ2v) is 15.8. The zero-order chi connectivity index (χ0) is 47.2. The molecule has 0 radical (unpaired) electrons. The minimum Gasteiger partial charge on any atom is -0.477 e. The fraction of sp³-hybridized carbons (Fsp3) is 0.372. The standard InChI is InChI=1S/C32H28N2O12.C11H21N3O4/c1-19(35)33-24-16-17-25(30(36)45-27(20-8-4-2-5-9-20)21-10-6-3-7-11-21)43-28(24)29(26-18-41-31(37)44-26)46-32(38)42-23-14-12-22(13-15-23)34(39)40;1-10(2,3)17-8(15)13-7(12)14-9(16)18-11(4,5)6/h2-15,17,24,26-29H,16,18H2,1H3,(H,33,35);1-6H3,(H3,12,13,14,15,16)/t24?,26?,28-,29?;/m1./s1. The van der Waals surface area contributed by atoms with E-state index in [0.717, 1.165) is 12.1 Å². The average molecular weight is 892 g/mol. The number of nitrogens with one attached hydrogen (secondary N) is 2. The molecule has 0 aromatic heterocycles. The Balaban J connectivity index is 0.000000422. The monoisotopic (exact) mass is 891 g/mol. The molecule has 64 heavy (non-hydrogen) atoms. The maximum atomic E-state index is 13.6. The Labute approximate surface area is 367 Å². The van der Waals surface area contributed by atoms with E-state index in [4.69, 9.17) is 43.6 Å². The van der Waals surface area contributed by atoms with Gasteiger partial charge < -0.3 is 48.9 Å². The molecule has 21 nitrogen and oxygen atoms in total. The number of ether oxygens (including phenoxy) is 8. The number of non-ortho nitro benzene ring substituents is 1. The zero-order valence-electron chi connectivity index (χ0n) is 36.0. The number of carbonyl (C=O) groups is 6. The molecule has 4 atom stereocenters. The number of nitro groups is 1. The van der Waals surface area contributed by atoms with E-state index >= 15 is 0 Å². The molecule has 0 aliphatic carbocycles. The van der Waals surface area contributed by atoms with Gasteiger partial charge in [0.05, 0.1) is 11.0 Å². The Bertz CT molecular complexity index is 2160. The number of nitrogens with two attached hydrogens (primary N) is 1. The summed E-state index contributed by atoms with van der Waals surface area (Å²) in [5, 5.41) is 15.8. The van der Waals surface area contributed by atoms with Crippen LogP contribution in [0, 0.1) is 10.1 Å². The second-order valence-electron chi connectivity index (χ2n) is 15.8. The molecule has 2 heterocycles. The largest absolute Gasteiger partial charge is 0.514 e. The molecule has 3 aromatic carbocycles. The van der Waals surface area contributed by atoms with Crippen molar-refractivity contribution in [3.05, 3.63) is 118 Å². The number of alkyl carbamates (subject to hydrolysis) is 1. The third-order valence-electron chi connectivity index (χ3n) is 8.25. The number of hydrogen-bond acceptors (Lipinski definition) is 16. The normalized spacial score (nSPS) is 17.6. The van der Waals surface area contributed by atoms with Crippen LogP contribution in [0.1, 0.15) is 72.1 Å². The molecule has 3 unspecified atom stereocenters. The quantitative estimate of drug-likeness (QED) is 0.0384. The minimum atomic E-state index is -1.45. The highest BCUT2D eigenvalue weighted by molar-refractivity contribution is 5.98. The predicted molar refractivity (Wildman–Crippen MR) is 223 cm³/mol. The molecule has 5 rings (SSSR count). The number of benzene rings is 3. The van der Waals surface area contributed by atoms with E-state index in [0.29, 0.717) is 11.1 Å². The number of cyclic esters (lactones) is 2. The molecule has 0 spiro atoms. The van der Waals surface area contributed by atoms with Crippen molar-refractivity contribution in [2.45, 2.75) is 96.5 Å². The highest BCUT2D eigenvalue weighted by Gasteiger charge is 2.48. The number of esters is 1. The van der Waals surface area contributed by atoms with Gasteiger partial charge in [-0.25, -0.2) is 24.0 Å². The van der Waals surface area contributed by atoms with Gasteiger partial charge in [-0.15, -0.1) is 4.99 Å². The van der Waals surface area contributed by atoms with Gasteiger partial charge >= 0.3 is 30.5 Å². The predicted octanol–water partition coefficient (Wildman–Crippen LogP) is 6.29. The Morgan fingerprint density at radius 3 is 1.92 bits per heavy atom. The van der Waals surface area contributed by atoms with E-state index in [-0.39, 0.29) is 36.2 Å². The third-order valence-corrected chi connectivity index (χ3v) is 8.25. The van der Waals surface area contributed by atoms with E-state index in [9.17, 15) is 38.9 Å². The Hall–Kier alpha value is -7.71. The van der Waals surface area contributed by atoms with Gasteiger partial charge in [-0.2, -0.15) is 0 Å². The van der Waals surface area contributed by atoms with Crippen molar-refractivity contribution in [3.63, 3.8) is 0 Å². The molecular weight excluding hydrogens is 842 g/mol. The molecule has 2 aliphatic rings. The van der Waals surface area contributed by atoms with Crippen LogP contribution in [0.15, 0.2) is 102 Å². The summed E-state index contributed by atoms with van der Waals surface area (Å²) in [6.07, 6.45) is -7.23. The first kappa shape index (κ1) is 49.0. The van der Waals surface area contributed by atoms with Gasteiger partial charge in [0, 0.05) is 19.1 Å². The number of amides is 3. The third kappa shape index (κ3) is 16.0. The molecule has 3 aromatic rings. The number of carbonyl (C=O) groups excluding carboxylic acids is 6. The molecule has 0 bridgehead atoms. The van der Waals surface area contributed by atoms with Crippen molar-refractivity contribution in [1.29, 1.82) is 0 Å². The van der Waals surface area contributed by atoms with E-state index in [1.807, 2.05) is 60.7 Å². The molecule has 342 valence electrons. The fourth-order valence-electron chi connectivity index (χ4n) is 5.77. The topological polar surface area (TPSA) is 282 Å². The summed E-state index contributed by atoms with van der Waals surface area (Å²) in [6, 6.07) is 21.9. The van der Waals surface area contributed by atoms with Crippen molar-refractivity contribution in [3.8, 4) is 5.75 Å². The van der Waals surface area contributed by atoms with E-state index in [1.54, 1.807) is 41.5 Å². The second kappa shape index (κ2) is 21.9. The highest BCUT2D eigenvalue weighted by atomic mass is 16.8. The fourth-order valence-corrected chi connectivity index (χ4v) is 5.77. The van der Waals surface area contributed by atoms with Crippen molar-refractivity contribution in [2.75, 3.05) is 6.61 Å². The Kier molecular flexibility index (Phi) is 16.7. The average Bonchev–Trinajstić information content (AvgIpc) is 3.64. The lowest BCUT2D eigenvalue weighted by molar-refractivity contribution is -0.384. The number of rotatable bonds is 10. The molecular formula is C43H49N5O16. The first-order chi connectivity index (χ1) is 30.1. The SMILES string of the molecule is CC(=O)NC1CC=C(C(=O)OC(c2ccccc2)c2ccccc2)O[C@H]1C(OC(=O)Oc1ccc([N+](=O)[O-])cc1)C1COC(=O)O1.CC(C)(C)OC(=O)/N=C(\N)NC(=O)OC(C)(C)C. The number of guanidine groups is 1. The summed E-state index contributed by atoms with van der Waals surface area (Å²) in [5.41, 5.74) is 5.20. The lowest BCUT2D eigenvalue weighted by atomic mass is 9.95. The van der Waals surface area contributed by atoms with E-state index in [1.165, 1.54) is 25.1 Å². The van der Waals surface area contributed by atoms with Gasteiger partial charge in [0.2, 0.25) is 17.6 Å². The number of aliphatic imine (C=N–C) groups is 1. The van der Waals surface area contributed by atoms with Gasteiger partial charge in [-0.3, -0.25) is 20.2 Å². The van der Waals surface area contributed by atoms with Gasteiger partial charge in [0.25, 0.3) is 5.69 Å². The molecule has 3 amide bonds. The summed E-state index contributed by atoms with van der Waals surface area (Å²) < 4.78 is 42.6. The first-order valence-electron chi connectivity index (χ1n) is 19.5. The first-order valence-corrected chi connectivity index (χ1v) is 19.5. The van der Waals surface area contributed by atoms with Crippen molar-refractivity contribution >= 4 is 48.0 Å². The van der Waals surface area contributed by atoms with Crippen LogP contribution in [0.2, 0.25) is 0 Å². The van der Waals surface area contributed by atoms with Crippen LogP contribution < -0.4 is 21.1 Å². The lowest BCUT2D eigenvalue weighted by Crippen LogP contribution is -2.56. The maximum Gasteiger partial charge on any atom is 0.514 e. The van der Waals surface area contributed by atoms with Crippen LogP contribution in [0.3, 0.4) is 0 Å². The summed E-state index contributed by atoms with van der Waals surface area (Å²) in [7, 11) is 0. The van der Waals surface area contributed by atoms with Crippen molar-refractivity contribution < 1.29 is 71.6 Å². The number of nitrogens with zero attached hydrogens (tertiary/aromatic N) is 2. The van der Waals surface area contributed by atoms with Crippen LogP contribution in [0.4, 0.5) is 24.9 Å². The van der Waals surface area contributed by atoms with Crippen molar-refractivity contribution in [1.82, 2.24) is 10.6 Å². The summed E-state index contributed by atoms with van der Waals surface area (Å²) >= 11 is 0. The van der Waals surface area contributed by atoms with Crippen LogP contribution >= 0.6 is 0 Å². The number of hydrogen-bond donors (Lipinski definition) is 3. The smallest absolute Gasteiger partial charge is 0.477 e. The summed E-state index contributed by atoms with van der Waals surface area (Å²) in [5.74, 6) is -1.97. The van der Waals surface area contributed by atoms with E-state index in [2.05, 4.69) is 15.6 Å². The Morgan fingerprint density at radius 1 is 0.844 bits per heavy atom. The van der Waals surface area contributed by atoms with Gasteiger partial charge in [-0.05, 0) is 77.3 Å². The van der Waals surface area contributed by atoms with Crippen LogP contribution in [0.5, 0.6) is 5.75 Å². The molecule has 2 aliphatic heterocycles. The Morgan fingerprint density at radius 2 is 1.42 bits per heavy atom. The molecule has 1 fully saturated rings. The van der Waals surface area contributed by atoms with Gasteiger partial charge in [0.15, 0.2) is 24.4 Å². The molecule has 21 heteroatoms. The molecule has 4 N–H and O–H groups in total. The highest BCUT2D eigenvalue weighted by Crippen LogP contribution is 2.32. The summed E-state index contributed by atoms with van der Waals surface area (Å²) in [6.45, 7) is 11.1. The number of nitro benzene ring substituents is 1. The van der Waals surface area contributed by atoms with Crippen molar-refractivity contribution in [2.24, 2.45) is 10.7 Å². The summed E-state index contributed by atoms with van der Waals surface area (Å²) in [4.78, 5) is 86.7. The lowest BCUT2D eigenvalue weighted by Gasteiger charge is -2.37. The minimum absolute atomic E-state index is 0.0504. The van der Waals surface area contributed by atoms with Crippen LogP contribution in [-0.4, -0.2) is 89.4 Å².